The predicted molar refractivity (Wildman–Crippen MR) is 63.5 cm³/mol. The van der Waals surface area contributed by atoms with Gasteiger partial charge in [-0.2, -0.15) is 8.42 Å². The molecular weight excluding hydrogens is 294 g/mol. The highest BCUT2D eigenvalue weighted by atomic mass is 79.9. The average Bonchev–Trinajstić information content (AvgIpc) is 2.75. The molecule has 0 aliphatic carbocycles. The van der Waals surface area contributed by atoms with E-state index in [0.717, 1.165) is 4.47 Å². The van der Waals surface area contributed by atoms with Crippen molar-refractivity contribution in [1.29, 1.82) is 0 Å². The van der Waals surface area contributed by atoms with E-state index < -0.39 is 10.0 Å². The molecule has 16 heavy (non-hydrogen) atoms. The van der Waals surface area contributed by atoms with E-state index in [1.807, 2.05) is 0 Å². The number of nitrogens with zero attached hydrogens (tertiary/aromatic N) is 1. The van der Waals surface area contributed by atoms with E-state index in [1.54, 1.807) is 24.3 Å². The van der Waals surface area contributed by atoms with Gasteiger partial charge in [-0.3, -0.25) is 4.72 Å². The van der Waals surface area contributed by atoms with Crippen molar-refractivity contribution < 1.29 is 8.42 Å². The van der Waals surface area contributed by atoms with Crippen LogP contribution < -0.4 is 4.72 Å². The fraction of sp³-hybridized carbons (Fsp3) is 0. The van der Waals surface area contributed by atoms with Crippen LogP contribution in [0.2, 0.25) is 0 Å². The van der Waals surface area contributed by atoms with E-state index in [2.05, 4.69) is 30.6 Å². The fourth-order valence-corrected chi connectivity index (χ4v) is 2.35. The third kappa shape index (κ3) is 2.42. The Morgan fingerprint density at radius 1 is 1.25 bits per heavy atom. The highest BCUT2D eigenvalue weighted by Gasteiger charge is 2.14. The molecule has 0 saturated heterocycles. The number of aromatic amines is 1. The van der Waals surface area contributed by atoms with Gasteiger partial charge in [0.2, 0.25) is 0 Å². The summed E-state index contributed by atoms with van der Waals surface area (Å²) in [4.78, 5) is 6.20. The van der Waals surface area contributed by atoms with Gasteiger partial charge in [0.05, 0.1) is 12.5 Å². The van der Waals surface area contributed by atoms with Crippen molar-refractivity contribution in [3.05, 3.63) is 41.3 Å². The summed E-state index contributed by atoms with van der Waals surface area (Å²) in [6, 6.07) is 6.84. The first-order valence-corrected chi connectivity index (χ1v) is 6.62. The van der Waals surface area contributed by atoms with Crippen LogP contribution in [0, 0.1) is 0 Å². The Labute approximate surface area is 101 Å². The lowest BCUT2D eigenvalue weighted by Crippen LogP contribution is -2.13. The number of hydrogen-bond donors (Lipinski definition) is 2. The molecule has 0 radical (unpaired) electrons. The summed E-state index contributed by atoms with van der Waals surface area (Å²) >= 11 is 3.27. The summed E-state index contributed by atoms with van der Waals surface area (Å²) in [5, 5.41) is 0.0374. The summed E-state index contributed by atoms with van der Waals surface area (Å²) in [5.74, 6) is 0. The van der Waals surface area contributed by atoms with Crippen molar-refractivity contribution in [3.8, 4) is 0 Å². The van der Waals surface area contributed by atoms with E-state index in [4.69, 9.17) is 0 Å². The van der Waals surface area contributed by atoms with Gasteiger partial charge < -0.3 is 4.98 Å². The first kappa shape index (κ1) is 11.2. The van der Waals surface area contributed by atoms with Crippen LogP contribution >= 0.6 is 15.9 Å². The first-order valence-electron chi connectivity index (χ1n) is 4.35. The van der Waals surface area contributed by atoms with E-state index in [1.165, 1.54) is 12.5 Å². The summed E-state index contributed by atoms with van der Waals surface area (Å²) in [7, 11) is -3.57. The summed E-state index contributed by atoms with van der Waals surface area (Å²) in [6.07, 6.45) is 2.57. The van der Waals surface area contributed by atoms with Crippen LogP contribution in [0.1, 0.15) is 0 Å². The fourth-order valence-electron chi connectivity index (χ4n) is 1.12. The highest BCUT2D eigenvalue weighted by Crippen LogP contribution is 2.17. The molecule has 0 aliphatic heterocycles. The summed E-state index contributed by atoms with van der Waals surface area (Å²) in [6.45, 7) is 0. The number of aromatic nitrogens is 2. The smallest absolute Gasteiger partial charge is 0.278 e. The molecule has 1 aromatic heterocycles. The third-order valence-electron chi connectivity index (χ3n) is 1.86. The van der Waals surface area contributed by atoms with E-state index >= 15 is 0 Å². The van der Waals surface area contributed by atoms with Crippen molar-refractivity contribution in [3.63, 3.8) is 0 Å². The largest absolute Gasteiger partial charge is 0.334 e. The van der Waals surface area contributed by atoms with Gasteiger partial charge in [0.15, 0.2) is 5.03 Å². The van der Waals surface area contributed by atoms with Gasteiger partial charge >= 0.3 is 0 Å². The number of H-pyrrole nitrogens is 1. The van der Waals surface area contributed by atoms with E-state index in [0.29, 0.717) is 5.69 Å². The highest BCUT2D eigenvalue weighted by molar-refractivity contribution is 9.10. The zero-order valence-electron chi connectivity index (χ0n) is 8.01. The molecule has 2 rings (SSSR count). The second kappa shape index (κ2) is 4.26. The van der Waals surface area contributed by atoms with Gasteiger partial charge in [-0.15, -0.1) is 0 Å². The number of halogens is 1. The molecule has 1 heterocycles. The molecule has 1 aromatic carbocycles. The molecule has 0 bridgehead atoms. The van der Waals surface area contributed by atoms with Crippen molar-refractivity contribution in [2.24, 2.45) is 0 Å². The predicted octanol–water partition coefficient (Wildman–Crippen LogP) is 1.97. The monoisotopic (exact) mass is 301 g/mol. The number of anilines is 1. The Morgan fingerprint density at radius 3 is 2.50 bits per heavy atom. The number of imidazole rings is 1. The van der Waals surface area contributed by atoms with Gasteiger partial charge in [0, 0.05) is 10.2 Å². The molecule has 0 saturated carbocycles. The molecule has 0 atom stereocenters. The topological polar surface area (TPSA) is 74.8 Å². The Morgan fingerprint density at radius 2 is 1.94 bits per heavy atom. The van der Waals surface area contributed by atoms with Crippen molar-refractivity contribution >= 4 is 31.6 Å². The van der Waals surface area contributed by atoms with Crippen molar-refractivity contribution in [2.75, 3.05) is 4.72 Å². The second-order valence-corrected chi connectivity index (χ2v) is 5.59. The molecule has 2 N–H and O–H groups in total. The number of benzene rings is 1. The summed E-state index contributed by atoms with van der Waals surface area (Å²) in [5.41, 5.74) is 0.498. The normalized spacial score (nSPS) is 11.3. The Bertz CT molecular complexity index is 563. The lowest BCUT2D eigenvalue weighted by Gasteiger charge is -2.05. The van der Waals surface area contributed by atoms with E-state index in [9.17, 15) is 8.42 Å². The molecule has 7 heteroatoms. The molecule has 0 fully saturated rings. The van der Waals surface area contributed by atoms with Crippen LogP contribution in [0.15, 0.2) is 46.3 Å². The summed E-state index contributed by atoms with van der Waals surface area (Å²) < 4.78 is 26.8. The van der Waals surface area contributed by atoms with Gasteiger partial charge in [-0.05, 0) is 24.3 Å². The minimum atomic E-state index is -3.57. The van der Waals surface area contributed by atoms with Crippen LogP contribution in [0.25, 0.3) is 0 Å². The first-order chi connectivity index (χ1) is 7.58. The molecule has 0 spiro atoms. The zero-order valence-corrected chi connectivity index (χ0v) is 10.4. The maximum Gasteiger partial charge on any atom is 0.278 e. The van der Waals surface area contributed by atoms with Crippen LogP contribution in [0.3, 0.4) is 0 Å². The molecule has 0 unspecified atom stereocenters. The lowest BCUT2D eigenvalue weighted by molar-refractivity contribution is 0.598. The Kier molecular flexibility index (Phi) is 2.97. The van der Waals surface area contributed by atoms with E-state index in [-0.39, 0.29) is 5.03 Å². The quantitative estimate of drug-likeness (QED) is 0.910. The second-order valence-electron chi connectivity index (χ2n) is 3.03. The van der Waals surface area contributed by atoms with Crippen molar-refractivity contribution in [2.45, 2.75) is 5.03 Å². The Balaban J connectivity index is 2.25. The molecule has 0 amide bonds. The molecule has 2 aromatic rings. The minimum Gasteiger partial charge on any atom is -0.334 e. The molecular formula is C9H8BrN3O2S. The average molecular weight is 302 g/mol. The Hall–Kier alpha value is -1.34. The maximum absolute atomic E-state index is 11.8. The SMILES string of the molecule is O=S(=O)(Nc1ccc(Br)cc1)c1cnc[nH]1. The molecule has 5 nitrogen and oxygen atoms in total. The number of sulfonamides is 1. The van der Waals surface area contributed by atoms with Crippen molar-refractivity contribution in [1.82, 2.24) is 9.97 Å². The maximum atomic E-state index is 11.8. The molecule has 0 aliphatic rings. The number of rotatable bonds is 3. The van der Waals surface area contributed by atoms with Crippen LogP contribution in [0.4, 0.5) is 5.69 Å². The van der Waals surface area contributed by atoms with Gasteiger partial charge in [-0.25, -0.2) is 4.98 Å². The van der Waals surface area contributed by atoms with Gasteiger partial charge in [-0.1, -0.05) is 15.9 Å². The van der Waals surface area contributed by atoms with Crippen LogP contribution in [-0.2, 0) is 10.0 Å². The van der Waals surface area contributed by atoms with Gasteiger partial charge in [0.1, 0.15) is 0 Å². The van der Waals surface area contributed by atoms with Crippen LogP contribution in [-0.4, -0.2) is 18.4 Å². The zero-order chi connectivity index (χ0) is 11.6. The number of hydrogen-bond acceptors (Lipinski definition) is 3. The lowest BCUT2D eigenvalue weighted by atomic mass is 10.3. The standard InChI is InChI=1S/C9H8BrN3O2S/c10-7-1-3-8(4-2-7)13-16(14,15)9-5-11-6-12-9/h1-6,13H,(H,11,12). The molecule has 84 valence electrons. The van der Waals surface area contributed by atoms with Crippen LogP contribution in [0.5, 0.6) is 0 Å². The third-order valence-corrected chi connectivity index (χ3v) is 3.69. The van der Waals surface area contributed by atoms with Gasteiger partial charge in [0.25, 0.3) is 10.0 Å². The minimum absolute atomic E-state index is 0.0374. The number of nitrogens with one attached hydrogen (secondary N) is 2.